The van der Waals surface area contributed by atoms with E-state index in [4.69, 9.17) is 19.7 Å². The molecule has 0 saturated heterocycles. The second-order valence-electron chi connectivity index (χ2n) is 12.4. The Morgan fingerprint density at radius 1 is 0.576 bits per heavy atom. The van der Waals surface area contributed by atoms with Crippen LogP contribution in [0.15, 0.2) is 129 Å². The third kappa shape index (κ3) is 40.0. The zero-order chi connectivity index (χ0) is 47.6. The maximum Gasteiger partial charge on any atom is 3.00 e. The Morgan fingerprint density at radius 2 is 0.879 bits per heavy atom. The van der Waals surface area contributed by atoms with Gasteiger partial charge in [-0.15, -0.1) is 11.5 Å². The summed E-state index contributed by atoms with van der Waals surface area (Å²) in [6.45, 7) is 12.3. The predicted octanol–water partition coefficient (Wildman–Crippen LogP) is -0.781. The number of carbonyl (C=O) groups is 2. The van der Waals surface area contributed by atoms with Crippen LogP contribution in [0.25, 0.3) is 0 Å². The van der Waals surface area contributed by atoms with Gasteiger partial charge in [0.1, 0.15) is 11.5 Å². The molecule has 360 valence electrons. The SMILES string of the molecule is CC(=O)/C=C(/C)[O-].CC(=O)/C=C(/C)[O-].CC(C)O.CC(C)O.COc1cccc(/C=N/N=C(\[O-])c2ccccn2)c1[O-].COc1cccc(/C=N/N=C(\[O-])c2ccccn2)c1[O-].[Eu+3].[Eu+3].[OH3+].[OH3+]. The Hall–Kier alpha value is -4.35. The third-order valence-electron chi connectivity index (χ3n) is 5.73. The molecule has 0 aliphatic carbocycles. The summed E-state index contributed by atoms with van der Waals surface area (Å²) in [4.78, 5) is 27.7. The molecule has 2 aromatic carbocycles. The van der Waals surface area contributed by atoms with Crippen molar-refractivity contribution in [2.24, 2.45) is 20.4 Å². The Balaban J connectivity index is -0.000000182. The standard InChI is InChI=1S/2C14H13N3O3.2C5H8O2.2C3H8O.2Eu.2H2O/c2*1-20-12-7-4-5-10(13(12)18)9-16-17-14(19)11-6-2-3-8-15-11;2*1-4(6)3-5(2)7;2*1-3(2)4;;;;/h2*2-9,18H,1H3,(H,17,19);2*3,6H,1-2H3;2*3-4H,1-2H3;;;2*1H2/q;;;;;;2*+3;;/p-4/b2*16-9+;2*4-3-;;;;;;. The van der Waals surface area contributed by atoms with Crippen LogP contribution >= 0.6 is 0 Å². The van der Waals surface area contributed by atoms with Crippen molar-refractivity contribution in [3.63, 3.8) is 0 Å². The fraction of sp³-hybridized carbons (Fsp3) is 0.273. The van der Waals surface area contributed by atoms with Crippen LogP contribution in [0, 0.1) is 98.8 Å². The number of para-hydroxylation sites is 2. The first-order chi connectivity index (χ1) is 29.2. The Morgan fingerprint density at radius 3 is 1.09 bits per heavy atom. The predicted molar refractivity (Wildman–Crippen MR) is 235 cm³/mol. The first-order valence-corrected chi connectivity index (χ1v) is 18.3. The van der Waals surface area contributed by atoms with E-state index in [0.717, 1.165) is 12.2 Å². The number of ether oxygens (including phenoxy) is 2. The van der Waals surface area contributed by atoms with E-state index in [1.807, 2.05) is 0 Å². The number of aliphatic hydroxyl groups excluding tert-OH is 2. The van der Waals surface area contributed by atoms with Gasteiger partial charge in [-0.2, -0.15) is 20.4 Å². The summed E-state index contributed by atoms with van der Waals surface area (Å²) in [7, 11) is 2.82. The summed E-state index contributed by atoms with van der Waals surface area (Å²) in [5.74, 6) is -2.08. The zero-order valence-corrected chi connectivity index (χ0v) is 43.0. The van der Waals surface area contributed by atoms with Gasteiger partial charge in [0.2, 0.25) is 0 Å². The van der Waals surface area contributed by atoms with E-state index in [2.05, 4.69) is 30.4 Å². The molecule has 0 bridgehead atoms. The van der Waals surface area contributed by atoms with Gasteiger partial charge in [0, 0.05) is 36.4 Å². The van der Waals surface area contributed by atoms with E-state index in [1.54, 1.807) is 88.4 Å². The molecule has 22 heteroatoms. The number of benzene rings is 2. The van der Waals surface area contributed by atoms with Crippen LogP contribution in [0.3, 0.4) is 0 Å². The number of aliphatic hydroxyl groups is 2. The normalized spacial score (nSPS) is 10.6. The van der Waals surface area contributed by atoms with Crippen molar-refractivity contribution in [1.29, 1.82) is 0 Å². The minimum Gasteiger partial charge on any atom is -0.876 e. The fourth-order valence-corrected chi connectivity index (χ4v) is 3.53. The quantitative estimate of drug-likeness (QED) is 0.0492. The Kier molecular flexibility index (Phi) is 49.4. The van der Waals surface area contributed by atoms with Gasteiger partial charge in [0.05, 0.1) is 38.0 Å². The smallest absolute Gasteiger partial charge is 0.876 e. The summed E-state index contributed by atoms with van der Waals surface area (Å²) in [5, 5.41) is 97.0. The van der Waals surface area contributed by atoms with Crippen LogP contribution in [-0.4, -0.2) is 82.4 Å². The number of allylic oxidation sites excluding steroid dienone is 4. The molecule has 2 aromatic heterocycles. The van der Waals surface area contributed by atoms with Gasteiger partial charge in [-0.25, -0.2) is 0 Å². The van der Waals surface area contributed by atoms with Crippen LogP contribution < -0.4 is 40.1 Å². The number of methoxy groups -OCH3 is 2. The maximum absolute atomic E-state index is 11.8. The molecular weight excluding hydrogens is 1140 g/mol. The number of nitrogens with zero attached hydrogens (tertiary/aromatic N) is 6. The molecule has 66 heavy (non-hydrogen) atoms. The molecule has 0 amide bonds. The number of pyridine rings is 2. The van der Waals surface area contributed by atoms with E-state index in [0.29, 0.717) is 11.1 Å². The van der Waals surface area contributed by atoms with E-state index < -0.39 is 11.8 Å². The molecule has 0 spiro atoms. The molecule has 0 fully saturated rings. The summed E-state index contributed by atoms with van der Waals surface area (Å²) in [5.41, 5.74) is 0.971. The third-order valence-corrected chi connectivity index (χ3v) is 5.73. The number of ketones is 2. The van der Waals surface area contributed by atoms with Gasteiger partial charge in [0.25, 0.3) is 0 Å². The molecule has 0 aliphatic rings. The maximum atomic E-state index is 11.8. The molecule has 20 nitrogen and oxygen atoms in total. The van der Waals surface area contributed by atoms with Crippen molar-refractivity contribution in [1.82, 2.24) is 9.97 Å². The molecule has 0 aliphatic heterocycles. The number of hydrogen-bond acceptors (Lipinski definition) is 18. The Bertz CT molecular complexity index is 1940. The summed E-state index contributed by atoms with van der Waals surface area (Å²) < 4.78 is 9.80. The van der Waals surface area contributed by atoms with Crippen molar-refractivity contribution in [3.05, 3.63) is 131 Å². The zero-order valence-electron chi connectivity index (χ0n) is 38.1. The topological polar surface area (TPSA) is 373 Å². The first kappa shape index (κ1) is 73.2. The van der Waals surface area contributed by atoms with Gasteiger partial charge in [0.15, 0.2) is 11.6 Å². The van der Waals surface area contributed by atoms with Crippen LogP contribution in [-0.2, 0) is 20.5 Å². The summed E-state index contributed by atoms with van der Waals surface area (Å²) in [6, 6.07) is 19.4. The molecule has 4 aromatic rings. The molecule has 0 saturated carbocycles. The van der Waals surface area contributed by atoms with Gasteiger partial charge in [-0.3, -0.25) is 19.6 Å². The van der Waals surface area contributed by atoms with E-state index >= 15 is 0 Å². The van der Waals surface area contributed by atoms with Crippen LogP contribution in [0.1, 0.15) is 77.9 Å². The second-order valence-corrected chi connectivity index (χ2v) is 12.4. The monoisotopic (exact) mass is 1200 g/mol. The fourth-order valence-electron chi connectivity index (χ4n) is 3.53. The average molecular weight is 1200 g/mol. The first-order valence-electron chi connectivity index (χ1n) is 18.3. The second kappa shape index (κ2) is 44.5. The van der Waals surface area contributed by atoms with E-state index in [1.165, 1.54) is 78.9 Å². The molecule has 0 unspecified atom stereocenters. The number of hydrogen-bond donors (Lipinski definition) is 2. The summed E-state index contributed by atoms with van der Waals surface area (Å²) in [6.07, 6.45) is 7.19. The van der Waals surface area contributed by atoms with Gasteiger partial charge < -0.3 is 61.3 Å². The minimum atomic E-state index is -0.572. The largest absolute Gasteiger partial charge is 3.00 e. The number of carbonyl (C=O) groups excluding carboxylic acids is 2. The average Bonchev–Trinajstić information content (AvgIpc) is 3.19. The summed E-state index contributed by atoms with van der Waals surface area (Å²) >= 11 is 0. The van der Waals surface area contributed by atoms with E-state index in [9.17, 15) is 40.2 Å². The molecule has 0 radical (unpaired) electrons. The van der Waals surface area contributed by atoms with Gasteiger partial charge in [-0.05, 0) is 101 Å². The minimum absolute atomic E-state index is 0. The van der Waals surface area contributed by atoms with E-state index in [-0.39, 0.29) is 179 Å². The molecule has 2 heterocycles. The van der Waals surface area contributed by atoms with Crippen LogP contribution in [0.4, 0.5) is 0 Å². The molecule has 0 atom stereocenters. The van der Waals surface area contributed by atoms with Crippen molar-refractivity contribution in [2.75, 3.05) is 14.2 Å². The van der Waals surface area contributed by atoms with Crippen molar-refractivity contribution >= 4 is 35.8 Å². The molecule has 4 rings (SSSR count). The van der Waals surface area contributed by atoms with Crippen molar-refractivity contribution in [2.45, 2.75) is 67.6 Å². The van der Waals surface area contributed by atoms with Crippen molar-refractivity contribution < 1.29 is 170 Å². The van der Waals surface area contributed by atoms with Crippen LogP contribution in [0.5, 0.6) is 23.0 Å². The van der Waals surface area contributed by atoms with Crippen molar-refractivity contribution in [3.8, 4) is 23.0 Å². The number of rotatable bonds is 10. The van der Waals surface area contributed by atoms with Gasteiger partial charge >= 0.3 is 98.8 Å². The van der Waals surface area contributed by atoms with Gasteiger partial charge in [-0.1, -0.05) is 61.7 Å². The number of aromatic nitrogens is 2. The molecular formula is C44H58Eu2N6O14+2. The van der Waals surface area contributed by atoms with Crippen LogP contribution in [0.2, 0.25) is 0 Å². The Labute approximate surface area is 466 Å². The molecule has 8 N–H and O–H groups in total.